The van der Waals surface area contributed by atoms with Crippen molar-refractivity contribution in [2.45, 2.75) is 31.6 Å². The molecular weight excluding hydrogens is 310 g/mol. The fourth-order valence-electron chi connectivity index (χ4n) is 2.22. The minimum atomic E-state index is -4.46. The SMILES string of the molecule is Cl.FC(F)(F)CCN(CC1CCCNC1)CC(F)(F)F. The maximum Gasteiger partial charge on any atom is 0.401 e. The normalized spacial score (nSPS) is 20.9. The molecule has 9 heteroatoms. The van der Waals surface area contributed by atoms with Crippen LogP contribution in [0.2, 0.25) is 0 Å². The van der Waals surface area contributed by atoms with Crippen LogP contribution >= 0.6 is 12.4 Å². The van der Waals surface area contributed by atoms with Crippen LogP contribution in [0.3, 0.4) is 0 Å². The summed E-state index contributed by atoms with van der Waals surface area (Å²) in [6.45, 7) is -0.430. The van der Waals surface area contributed by atoms with Crippen molar-refractivity contribution in [1.82, 2.24) is 10.2 Å². The summed E-state index contributed by atoms with van der Waals surface area (Å²) < 4.78 is 73.3. The predicted molar refractivity (Wildman–Crippen MR) is 66.0 cm³/mol. The zero-order chi connectivity index (χ0) is 14.5. The van der Waals surface area contributed by atoms with E-state index in [4.69, 9.17) is 0 Å². The first-order valence-corrected chi connectivity index (χ1v) is 6.22. The summed E-state index contributed by atoms with van der Waals surface area (Å²) in [7, 11) is 0. The van der Waals surface area contributed by atoms with Gasteiger partial charge in [0.25, 0.3) is 0 Å². The molecule has 20 heavy (non-hydrogen) atoms. The van der Waals surface area contributed by atoms with Gasteiger partial charge in [-0.2, -0.15) is 26.3 Å². The van der Waals surface area contributed by atoms with Crippen molar-refractivity contribution in [3.05, 3.63) is 0 Å². The fraction of sp³-hybridized carbons (Fsp3) is 1.00. The molecule has 0 aromatic heterocycles. The van der Waals surface area contributed by atoms with Crippen LogP contribution in [0, 0.1) is 5.92 Å². The highest BCUT2D eigenvalue weighted by atomic mass is 35.5. The van der Waals surface area contributed by atoms with E-state index in [1.807, 2.05) is 0 Å². The van der Waals surface area contributed by atoms with Crippen molar-refractivity contribution < 1.29 is 26.3 Å². The minimum Gasteiger partial charge on any atom is -0.316 e. The van der Waals surface area contributed by atoms with E-state index in [2.05, 4.69) is 5.32 Å². The number of alkyl halides is 6. The Hall–Kier alpha value is -0.210. The molecule has 1 atom stereocenters. The van der Waals surface area contributed by atoms with Gasteiger partial charge in [0.15, 0.2) is 0 Å². The molecule has 0 aliphatic carbocycles. The largest absolute Gasteiger partial charge is 0.401 e. The number of nitrogens with zero attached hydrogens (tertiary/aromatic N) is 1. The van der Waals surface area contributed by atoms with Crippen LogP contribution in [-0.2, 0) is 0 Å². The second-order valence-electron chi connectivity index (χ2n) is 4.93. The van der Waals surface area contributed by atoms with E-state index in [-0.39, 0.29) is 24.9 Å². The van der Waals surface area contributed by atoms with Crippen LogP contribution < -0.4 is 5.32 Å². The van der Waals surface area contributed by atoms with Crippen molar-refractivity contribution >= 4 is 12.4 Å². The average molecular weight is 329 g/mol. The summed E-state index contributed by atoms with van der Waals surface area (Å²) in [4.78, 5) is 0.866. The van der Waals surface area contributed by atoms with Crippen LogP contribution in [0.5, 0.6) is 0 Å². The molecule has 1 N–H and O–H groups in total. The summed E-state index contributed by atoms with van der Waals surface area (Å²) in [5.41, 5.74) is 0. The van der Waals surface area contributed by atoms with Crippen LogP contribution in [-0.4, -0.2) is 50.0 Å². The lowest BCUT2D eigenvalue weighted by atomic mass is 9.99. The Balaban J connectivity index is 0.00000361. The van der Waals surface area contributed by atoms with Crippen molar-refractivity contribution in [3.63, 3.8) is 0 Å². The first-order valence-electron chi connectivity index (χ1n) is 6.22. The number of rotatable bonds is 5. The Labute approximate surface area is 120 Å². The summed E-state index contributed by atoms with van der Waals surface area (Å²) >= 11 is 0. The summed E-state index contributed by atoms with van der Waals surface area (Å²) in [5, 5.41) is 3.05. The molecule has 1 fully saturated rings. The second kappa shape index (κ2) is 8.29. The molecule has 1 aliphatic heterocycles. The van der Waals surface area contributed by atoms with Gasteiger partial charge in [-0.15, -0.1) is 12.4 Å². The number of nitrogens with one attached hydrogen (secondary N) is 1. The molecule has 2 nitrogen and oxygen atoms in total. The van der Waals surface area contributed by atoms with Gasteiger partial charge in [-0.05, 0) is 31.8 Å². The van der Waals surface area contributed by atoms with Gasteiger partial charge in [0.2, 0.25) is 0 Å². The van der Waals surface area contributed by atoms with E-state index in [1.54, 1.807) is 0 Å². The molecule has 1 heterocycles. The second-order valence-corrected chi connectivity index (χ2v) is 4.93. The van der Waals surface area contributed by atoms with E-state index in [0.29, 0.717) is 6.54 Å². The number of hydrogen-bond acceptors (Lipinski definition) is 2. The zero-order valence-corrected chi connectivity index (χ0v) is 11.7. The van der Waals surface area contributed by atoms with E-state index < -0.39 is 31.9 Å². The lowest BCUT2D eigenvalue weighted by molar-refractivity contribution is -0.162. The van der Waals surface area contributed by atoms with Gasteiger partial charge in [-0.3, -0.25) is 4.90 Å². The lowest BCUT2D eigenvalue weighted by Crippen LogP contribution is -2.43. The van der Waals surface area contributed by atoms with E-state index in [1.165, 1.54) is 0 Å². The van der Waals surface area contributed by atoms with Crippen LogP contribution in [0.25, 0.3) is 0 Å². The van der Waals surface area contributed by atoms with Crippen LogP contribution in [0.1, 0.15) is 19.3 Å². The fourth-order valence-corrected chi connectivity index (χ4v) is 2.22. The quantitative estimate of drug-likeness (QED) is 0.780. The maximum atomic E-state index is 12.3. The molecule has 0 amide bonds. The number of hydrogen-bond donors (Lipinski definition) is 1. The standard InChI is InChI=1S/C11H18F6N2.ClH/c12-10(13,14)3-5-19(8-11(15,16)17)7-9-2-1-4-18-6-9;/h9,18H,1-8H2;1H. The summed E-state index contributed by atoms with van der Waals surface area (Å²) in [6.07, 6.45) is -8.48. The molecule has 0 saturated carbocycles. The molecule has 0 spiro atoms. The molecule has 1 aliphatic rings. The molecule has 1 unspecified atom stereocenters. The topological polar surface area (TPSA) is 15.3 Å². The maximum absolute atomic E-state index is 12.3. The zero-order valence-electron chi connectivity index (χ0n) is 10.9. The molecular formula is C11H19ClF6N2. The molecule has 0 aromatic carbocycles. The first kappa shape index (κ1) is 19.8. The minimum absolute atomic E-state index is 0. The molecule has 0 bridgehead atoms. The Kier molecular flexibility index (Phi) is 8.20. The third-order valence-corrected chi connectivity index (χ3v) is 3.03. The van der Waals surface area contributed by atoms with Gasteiger partial charge < -0.3 is 5.32 Å². The molecule has 0 radical (unpaired) electrons. The highest BCUT2D eigenvalue weighted by molar-refractivity contribution is 5.85. The van der Waals surface area contributed by atoms with Gasteiger partial charge in [-0.25, -0.2) is 0 Å². The van der Waals surface area contributed by atoms with E-state index >= 15 is 0 Å². The van der Waals surface area contributed by atoms with Crippen molar-refractivity contribution in [2.75, 3.05) is 32.7 Å². The van der Waals surface area contributed by atoms with Gasteiger partial charge in [-0.1, -0.05) is 0 Å². The first-order chi connectivity index (χ1) is 8.66. The van der Waals surface area contributed by atoms with Gasteiger partial charge in [0.05, 0.1) is 13.0 Å². The van der Waals surface area contributed by atoms with Crippen LogP contribution in [0.4, 0.5) is 26.3 Å². The third-order valence-electron chi connectivity index (χ3n) is 3.03. The third kappa shape index (κ3) is 9.66. The summed E-state index contributed by atoms with van der Waals surface area (Å²) in [6, 6.07) is 0. The Morgan fingerprint density at radius 1 is 1.05 bits per heavy atom. The highest BCUT2D eigenvalue weighted by Crippen LogP contribution is 2.23. The smallest absolute Gasteiger partial charge is 0.316 e. The molecule has 122 valence electrons. The average Bonchev–Trinajstić information content (AvgIpc) is 2.24. The van der Waals surface area contributed by atoms with Crippen molar-refractivity contribution in [3.8, 4) is 0 Å². The predicted octanol–water partition coefficient (Wildman–Crippen LogP) is 3.22. The number of halogens is 7. The van der Waals surface area contributed by atoms with E-state index in [9.17, 15) is 26.3 Å². The van der Waals surface area contributed by atoms with Crippen molar-refractivity contribution in [2.24, 2.45) is 5.92 Å². The Morgan fingerprint density at radius 3 is 2.15 bits per heavy atom. The highest BCUT2D eigenvalue weighted by Gasteiger charge is 2.34. The van der Waals surface area contributed by atoms with E-state index in [0.717, 1.165) is 24.3 Å². The molecule has 1 saturated heterocycles. The molecule has 0 aromatic rings. The van der Waals surface area contributed by atoms with Gasteiger partial charge in [0, 0.05) is 13.1 Å². The van der Waals surface area contributed by atoms with Crippen LogP contribution in [0.15, 0.2) is 0 Å². The summed E-state index contributed by atoms with van der Waals surface area (Å²) in [5.74, 6) is -0.00988. The van der Waals surface area contributed by atoms with Gasteiger partial charge >= 0.3 is 12.4 Å². The monoisotopic (exact) mass is 328 g/mol. The molecule has 1 rings (SSSR count). The van der Waals surface area contributed by atoms with Crippen molar-refractivity contribution in [1.29, 1.82) is 0 Å². The lowest BCUT2D eigenvalue weighted by Gasteiger charge is -2.30. The van der Waals surface area contributed by atoms with Gasteiger partial charge in [0.1, 0.15) is 0 Å². The Bertz CT molecular complexity index is 263. The Morgan fingerprint density at radius 2 is 1.70 bits per heavy atom. The number of piperidine rings is 1.